The lowest BCUT2D eigenvalue weighted by Gasteiger charge is -2.12. The van der Waals surface area contributed by atoms with Crippen LogP contribution in [0.2, 0.25) is 0 Å². The van der Waals surface area contributed by atoms with Crippen molar-refractivity contribution in [1.82, 2.24) is 24.9 Å². The predicted molar refractivity (Wildman–Crippen MR) is 122 cm³/mol. The normalized spacial score (nSPS) is 10.5. The third-order valence-corrected chi connectivity index (χ3v) is 5.63. The summed E-state index contributed by atoms with van der Waals surface area (Å²) >= 11 is 1.09. The molecule has 0 unspecified atom stereocenters. The van der Waals surface area contributed by atoms with Crippen molar-refractivity contribution < 1.29 is 4.79 Å². The number of carbonyl (C=O) groups is 1. The Kier molecular flexibility index (Phi) is 6.10. The molecule has 0 saturated carbocycles. The van der Waals surface area contributed by atoms with Gasteiger partial charge in [0.2, 0.25) is 5.91 Å². The average molecular weight is 443 g/mol. The predicted octanol–water partition coefficient (Wildman–Crippen LogP) is 2.50. The van der Waals surface area contributed by atoms with E-state index in [1.165, 1.54) is 17.9 Å². The number of nitrogens with one attached hydrogen (secondary N) is 2. The molecule has 0 aliphatic heterocycles. The number of hydrazine groups is 1. The van der Waals surface area contributed by atoms with Gasteiger partial charge in [0.05, 0.1) is 17.0 Å². The van der Waals surface area contributed by atoms with Crippen LogP contribution in [0.1, 0.15) is 5.56 Å². The van der Waals surface area contributed by atoms with Gasteiger partial charge in [0, 0.05) is 18.0 Å². The number of aromatic nitrogens is 4. The van der Waals surface area contributed by atoms with Crippen molar-refractivity contribution >= 4 is 34.4 Å². The van der Waals surface area contributed by atoms with E-state index >= 15 is 0 Å². The number of fused-ring (bicyclic) bond motifs is 1. The molecule has 1 amide bonds. The van der Waals surface area contributed by atoms with E-state index in [0.717, 1.165) is 22.7 Å². The van der Waals surface area contributed by atoms with Gasteiger partial charge in [-0.25, -0.2) is 15.0 Å². The first-order valence-corrected chi connectivity index (χ1v) is 10.5. The number of amides is 1. The summed E-state index contributed by atoms with van der Waals surface area (Å²) in [4.78, 5) is 37.9. The zero-order valence-electron chi connectivity index (χ0n) is 16.9. The molecule has 32 heavy (non-hydrogen) atoms. The van der Waals surface area contributed by atoms with Gasteiger partial charge in [-0.05, 0) is 12.1 Å². The highest BCUT2D eigenvalue weighted by atomic mass is 32.2. The molecular weight excluding hydrogens is 426 g/mol. The van der Waals surface area contributed by atoms with Gasteiger partial charge in [-0.2, -0.15) is 5.26 Å². The summed E-state index contributed by atoms with van der Waals surface area (Å²) in [5.41, 5.74) is 6.61. The number of nitrogens with zero attached hydrogens (tertiary/aromatic N) is 5. The molecule has 2 aromatic heterocycles. The van der Waals surface area contributed by atoms with Crippen LogP contribution in [0.5, 0.6) is 0 Å². The zero-order valence-corrected chi connectivity index (χ0v) is 17.8. The molecular formula is C22H17N7O2S. The van der Waals surface area contributed by atoms with Crippen molar-refractivity contribution in [2.45, 2.75) is 5.16 Å². The minimum absolute atomic E-state index is 0.00355. The van der Waals surface area contributed by atoms with Crippen LogP contribution >= 0.6 is 11.8 Å². The van der Waals surface area contributed by atoms with Gasteiger partial charge in [0.15, 0.2) is 11.0 Å². The molecule has 0 aliphatic carbocycles. The molecule has 2 N–H and O–H groups in total. The number of nitriles is 1. The van der Waals surface area contributed by atoms with Gasteiger partial charge in [-0.15, -0.1) is 0 Å². The summed E-state index contributed by atoms with van der Waals surface area (Å²) in [5, 5.41) is 10.6. The maximum absolute atomic E-state index is 12.7. The molecule has 9 nitrogen and oxygen atoms in total. The molecule has 0 spiro atoms. The summed E-state index contributed by atoms with van der Waals surface area (Å²) in [6.45, 7) is 0. The van der Waals surface area contributed by atoms with Crippen LogP contribution < -0.4 is 16.4 Å². The third-order valence-electron chi connectivity index (χ3n) is 4.60. The summed E-state index contributed by atoms with van der Waals surface area (Å²) in [6, 6.07) is 18.4. The van der Waals surface area contributed by atoms with E-state index < -0.39 is 5.56 Å². The molecule has 10 heteroatoms. The van der Waals surface area contributed by atoms with Crippen molar-refractivity contribution in [3.8, 4) is 17.3 Å². The van der Waals surface area contributed by atoms with E-state index in [4.69, 9.17) is 0 Å². The van der Waals surface area contributed by atoms with Crippen LogP contribution in [0.15, 0.2) is 70.9 Å². The summed E-state index contributed by atoms with van der Waals surface area (Å²) in [6.07, 6.45) is 1.41. The SMILES string of the molecule is Cn1c(SCC(=O)NNc2ncnc3ccccc23)nc(-c2ccccc2)c(C#N)c1=O. The van der Waals surface area contributed by atoms with Crippen LogP contribution in [-0.2, 0) is 11.8 Å². The molecule has 0 bridgehead atoms. The molecule has 0 saturated heterocycles. The molecule has 0 atom stereocenters. The minimum atomic E-state index is -0.463. The Hall–Kier alpha value is -4.23. The van der Waals surface area contributed by atoms with Crippen LogP contribution in [0.3, 0.4) is 0 Å². The maximum Gasteiger partial charge on any atom is 0.272 e. The Morgan fingerprint density at radius 3 is 2.66 bits per heavy atom. The van der Waals surface area contributed by atoms with E-state index in [1.807, 2.05) is 36.4 Å². The zero-order chi connectivity index (χ0) is 22.5. The van der Waals surface area contributed by atoms with Gasteiger partial charge < -0.3 is 0 Å². The maximum atomic E-state index is 12.7. The van der Waals surface area contributed by atoms with Gasteiger partial charge in [0.1, 0.15) is 18.0 Å². The molecule has 4 rings (SSSR count). The second-order valence-electron chi connectivity index (χ2n) is 6.66. The lowest BCUT2D eigenvalue weighted by molar-refractivity contribution is -0.118. The summed E-state index contributed by atoms with van der Waals surface area (Å²) < 4.78 is 1.27. The van der Waals surface area contributed by atoms with Crippen LogP contribution in [-0.4, -0.2) is 31.2 Å². The number of hydrogen-bond acceptors (Lipinski definition) is 8. The van der Waals surface area contributed by atoms with Crippen molar-refractivity contribution in [3.05, 3.63) is 76.8 Å². The monoisotopic (exact) mass is 443 g/mol. The Morgan fingerprint density at radius 2 is 1.88 bits per heavy atom. The van der Waals surface area contributed by atoms with Crippen LogP contribution in [0.25, 0.3) is 22.2 Å². The quantitative estimate of drug-likeness (QED) is 0.264. The van der Waals surface area contributed by atoms with Crippen LogP contribution in [0, 0.1) is 11.3 Å². The smallest absolute Gasteiger partial charge is 0.272 e. The first-order valence-electron chi connectivity index (χ1n) is 9.52. The van der Waals surface area contributed by atoms with Crippen LogP contribution in [0.4, 0.5) is 5.82 Å². The lowest BCUT2D eigenvalue weighted by Crippen LogP contribution is -2.32. The van der Waals surface area contributed by atoms with Crippen molar-refractivity contribution in [1.29, 1.82) is 5.26 Å². The van der Waals surface area contributed by atoms with E-state index in [2.05, 4.69) is 25.8 Å². The van der Waals surface area contributed by atoms with E-state index in [9.17, 15) is 14.9 Å². The minimum Gasteiger partial charge on any atom is -0.290 e. The summed E-state index contributed by atoms with van der Waals surface area (Å²) in [5.74, 6) is 0.137. The largest absolute Gasteiger partial charge is 0.290 e. The highest BCUT2D eigenvalue weighted by molar-refractivity contribution is 7.99. The Balaban J connectivity index is 1.50. The first-order chi connectivity index (χ1) is 15.6. The Morgan fingerprint density at radius 1 is 1.12 bits per heavy atom. The number of anilines is 1. The summed E-state index contributed by atoms with van der Waals surface area (Å²) in [7, 11) is 1.52. The van der Waals surface area contributed by atoms with Gasteiger partial charge >= 0.3 is 0 Å². The number of carbonyl (C=O) groups excluding carboxylic acids is 1. The Bertz CT molecular complexity index is 1390. The molecule has 2 heterocycles. The first kappa shape index (κ1) is 21.0. The molecule has 4 aromatic rings. The second-order valence-corrected chi connectivity index (χ2v) is 7.60. The molecule has 158 valence electrons. The number of thioether (sulfide) groups is 1. The van der Waals surface area contributed by atoms with Crippen molar-refractivity contribution in [2.24, 2.45) is 7.05 Å². The standard InChI is InChI=1S/C22H17N7O2S/c1-29-21(31)16(11-23)19(14-7-3-2-4-8-14)26-22(29)32-12-18(30)27-28-20-15-9-5-6-10-17(15)24-13-25-20/h2-10,13H,12H2,1H3,(H,27,30)(H,24,25,28). The van der Waals surface area contributed by atoms with Gasteiger partial charge in [0.25, 0.3) is 5.56 Å². The Labute approximate surface area is 187 Å². The average Bonchev–Trinajstić information content (AvgIpc) is 2.84. The lowest BCUT2D eigenvalue weighted by atomic mass is 10.1. The van der Waals surface area contributed by atoms with E-state index in [0.29, 0.717) is 22.2 Å². The fourth-order valence-electron chi connectivity index (χ4n) is 3.02. The highest BCUT2D eigenvalue weighted by Crippen LogP contribution is 2.23. The number of benzene rings is 2. The number of para-hydroxylation sites is 1. The van der Waals surface area contributed by atoms with E-state index in [-0.39, 0.29) is 17.2 Å². The number of rotatable bonds is 6. The molecule has 0 aliphatic rings. The number of hydrogen-bond donors (Lipinski definition) is 2. The van der Waals surface area contributed by atoms with E-state index in [1.54, 1.807) is 24.3 Å². The molecule has 2 aromatic carbocycles. The van der Waals surface area contributed by atoms with Gasteiger partial charge in [-0.3, -0.25) is 25.0 Å². The fraction of sp³-hybridized carbons (Fsp3) is 0.0909. The fourth-order valence-corrected chi connectivity index (χ4v) is 3.78. The topological polar surface area (TPSA) is 126 Å². The second kappa shape index (κ2) is 9.28. The van der Waals surface area contributed by atoms with Crippen molar-refractivity contribution in [2.75, 3.05) is 11.2 Å². The third kappa shape index (κ3) is 4.28. The highest BCUT2D eigenvalue weighted by Gasteiger charge is 2.17. The van der Waals surface area contributed by atoms with Gasteiger partial charge in [-0.1, -0.05) is 54.2 Å². The molecule has 0 fully saturated rings. The van der Waals surface area contributed by atoms with Crippen molar-refractivity contribution in [3.63, 3.8) is 0 Å². The molecule has 0 radical (unpaired) electrons.